The first-order chi connectivity index (χ1) is 13.5. The highest BCUT2D eigenvalue weighted by atomic mass is 33.1. The Kier molecular flexibility index (Phi) is 10.6. The zero-order chi connectivity index (χ0) is 20.4. The number of carbonyl (C=O) groups excluding carboxylic acids is 3. The summed E-state index contributed by atoms with van der Waals surface area (Å²) < 4.78 is 0. The van der Waals surface area contributed by atoms with Crippen molar-refractivity contribution in [3.8, 4) is 0 Å². The molecule has 1 aliphatic heterocycles. The topological polar surface area (TPSA) is 113 Å². The van der Waals surface area contributed by atoms with E-state index in [1.54, 1.807) is 10.8 Å². The number of fused-ring (bicyclic) bond motifs is 1. The van der Waals surface area contributed by atoms with E-state index in [0.29, 0.717) is 24.8 Å². The van der Waals surface area contributed by atoms with Crippen molar-refractivity contribution in [2.45, 2.75) is 62.3 Å². The number of unbranched alkanes of at least 4 members (excludes halogenated alkanes) is 2. The van der Waals surface area contributed by atoms with Crippen molar-refractivity contribution in [3.63, 3.8) is 0 Å². The molecule has 158 valence electrons. The molecule has 0 saturated carbocycles. The van der Waals surface area contributed by atoms with Crippen LogP contribution in [0.1, 0.15) is 44.9 Å². The summed E-state index contributed by atoms with van der Waals surface area (Å²) >= 11 is 4.15. The van der Waals surface area contributed by atoms with Gasteiger partial charge in [0.2, 0.25) is 17.7 Å². The molecule has 0 aromatic carbocycles. The van der Waals surface area contributed by atoms with Crippen LogP contribution in [-0.2, 0) is 14.4 Å². The van der Waals surface area contributed by atoms with Gasteiger partial charge in [-0.3, -0.25) is 14.4 Å². The average Bonchev–Trinajstić information content (AvgIpc) is 2.65. The quantitative estimate of drug-likeness (QED) is 0.176. The van der Waals surface area contributed by atoms with E-state index in [1.807, 2.05) is 10.8 Å². The maximum absolute atomic E-state index is 12.5. The average molecular weight is 447 g/mol. The molecule has 10 heteroatoms. The van der Waals surface area contributed by atoms with E-state index in [0.717, 1.165) is 37.9 Å². The Bertz CT molecular complexity index is 588. The van der Waals surface area contributed by atoms with Crippen molar-refractivity contribution in [1.82, 2.24) is 16.0 Å². The SMILES string of the molecule is NCCNC(=O)[C@H](CC(=O)NC1CC=C2SSC2C1)NC(=O)CCCCCS. The van der Waals surface area contributed by atoms with E-state index in [1.165, 1.54) is 4.91 Å². The number of hydrogen-bond donors (Lipinski definition) is 5. The third kappa shape index (κ3) is 7.88. The van der Waals surface area contributed by atoms with Gasteiger partial charge in [-0.1, -0.05) is 34.1 Å². The maximum atomic E-state index is 12.5. The molecule has 2 aliphatic rings. The lowest BCUT2D eigenvalue weighted by Crippen LogP contribution is -2.51. The first kappa shape index (κ1) is 23.4. The fourth-order valence-corrected chi connectivity index (χ4v) is 5.77. The molecule has 5 N–H and O–H groups in total. The van der Waals surface area contributed by atoms with Gasteiger partial charge in [0.1, 0.15) is 6.04 Å². The smallest absolute Gasteiger partial charge is 0.243 e. The van der Waals surface area contributed by atoms with Crippen LogP contribution in [0.5, 0.6) is 0 Å². The Morgan fingerprint density at radius 1 is 1.25 bits per heavy atom. The first-order valence-corrected chi connectivity index (χ1v) is 12.6. The minimum Gasteiger partial charge on any atom is -0.353 e. The highest BCUT2D eigenvalue weighted by Gasteiger charge is 2.33. The molecule has 3 atom stereocenters. The molecule has 1 saturated heterocycles. The van der Waals surface area contributed by atoms with E-state index in [2.05, 4.69) is 34.7 Å². The minimum atomic E-state index is -0.882. The van der Waals surface area contributed by atoms with Crippen molar-refractivity contribution in [2.75, 3.05) is 18.8 Å². The van der Waals surface area contributed by atoms with Crippen LogP contribution in [0.15, 0.2) is 11.0 Å². The van der Waals surface area contributed by atoms with Gasteiger partial charge in [0.15, 0.2) is 0 Å². The molecule has 2 rings (SSSR count). The molecule has 0 radical (unpaired) electrons. The standard InChI is InChI=1S/C18H30N4O3S3/c19-7-8-20-18(25)13(22-16(23)4-2-1-3-9-26)11-17(24)21-12-5-6-14-15(10-12)28-27-14/h6,12-13,15,26H,1-5,7-11,19H2,(H,20,25)(H,21,24)(H,22,23)/t12?,13-,15?/m0/s1. The Hall–Kier alpha value is -0.840. The molecule has 1 aliphatic carbocycles. The van der Waals surface area contributed by atoms with Crippen LogP contribution in [-0.4, -0.2) is 53.9 Å². The maximum Gasteiger partial charge on any atom is 0.243 e. The summed E-state index contributed by atoms with van der Waals surface area (Å²) in [6.07, 6.45) is 6.77. The summed E-state index contributed by atoms with van der Waals surface area (Å²) in [5, 5.41) is 8.87. The van der Waals surface area contributed by atoms with Crippen molar-refractivity contribution in [3.05, 3.63) is 11.0 Å². The molecule has 0 spiro atoms. The summed E-state index contributed by atoms with van der Waals surface area (Å²) in [5.41, 5.74) is 5.43. The van der Waals surface area contributed by atoms with Gasteiger partial charge in [0, 0.05) is 35.7 Å². The van der Waals surface area contributed by atoms with Crippen LogP contribution in [0, 0.1) is 0 Å². The molecule has 2 unspecified atom stereocenters. The monoisotopic (exact) mass is 446 g/mol. The van der Waals surface area contributed by atoms with Gasteiger partial charge in [0.05, 0.1) is 6.42 Å². The van der Waals surface area contributed by atoms with Crippen LogP contribution in [0.3, 0.4) is 0 Å². The van der Waals surface area contributed by atoms with Gasteiger partial charge in [-0.2, -0.15) is 12.6 Å². The molecule has 0 bridgehead atoms. The van der Waals surface area contributed by atoms with E-state index < -0.39 is 6.04 Å². The number of amides is 3. The number of thiol groups is 1. The molecule has 1 heterocycles. The summed E-state index contributed by atoms with van der Waals surface area (Å²) in [7, 11) is 3.63. The van der Waals surface area contributed by atoms with E-state index in [-0.39, 0.29) is 30.2 Å². The van der Waals surface area contributed by atoms with Gasteiger partial charge in [-0.25, -0.2) is 0 Å². The zero-order valence-corrected chi connectivity index (χ0v) is 18.5. The zero-order valence-electron chi connectivity index (χ0n) is 15.9. The second kappa shape index (κ2) is 12.7. The Morgan fingerprint density at radius 3 is 2.71 bits per heavy atom. The van der Waals surface area contributed by atoms with E-state index in [4.69, 9.17) is 5.73 Å². The van der Waals surface area contributed by atoms with Crippen LogP contribution in [0.25, 0.3) is 0 Å². The fourth-order valence-electron chi connectivity index (χ4n) is 3.06. The van der Waals surface area contributed by atoms with Crippen LogP contribution >= 0.6 is 34.2 Å². The summed E-state index contributed by atoms with van der Waals surface area (Å²) in [6.45, 7) is 0.609. The molecular formula is C18H30N4O3S3. The van der Waals surface area contributed by atoms with E-state index in [9.17, 15) is 14.4 Å². The van der Waals surface area contributed by atoms with Crippen LogP contribution < -0.4 is 21.7 Å². The van der Waals surface area contributed by atoms with Gasteiger partial charge in [-0.05, 0) is 31.4 Å². The minimum absolute atomic E-state index is 0.0710. The predicted octanol–water partition coefficient (Wildman–Crippen LogP) is 1.35. The van der Waals surface area contributed by atoms with Crippen molar-refractivity contribution in [2.24, 2.45) is 5.73 Å². The summed E-state index contributed by atoms with van der Waals surface area (Å²) in [6, 6.07) is -0.799. The third-order valence-corrected chi connectivity index (χ3v) is 8.04. The van der Waals surface area contributed by atoms with Gasteiger partial charge in [0.25, 0.3) is 0 Å². The fraction of sp³-hybridized carbons (Fsp3) is 0.722. The number of hydrogen-bond acceptors (Lipinski definition) is 7. The number of rotatable bonds is 12. The lowest BCUT2D eigenvalue weighted by Gasteiger charge is -2.35. The lowest BCUT2D eigenvalue weighted by molar-refractivity contribution is -0.132. The molecule has 28 heavy (non-hydrogen) atoms. The van der Waals surface area contributed by atoms with Crippen molar-refractivity contribution < 1.29 is 14.4 Å². The second-order valence-electron chi connectivity index (χ2n) is 6.95. The molecule has 3 amide bonds. The van der Waals surface area contributed by atoms with Crippen molar-refractivity contribution in [1.29, 1.82) is 0 Å². The second-order valence-corrected chi connectivity index (χ2v) is 9.87. The summed E-state index contributed by atoms with van der Waals surface area (Å²) in [4.78, 5) is 38.4. The molecule has 0 aromatic heterocycles. The van der Waals surface area contributed by atoms with Crippen molar-refractivity contribution >= 4 is 51.9 Å². The van der Waals surface area contributed by atoms with Gasteiger partial charge < -0.3 is 21.7 Å². The molecule has 7 nitrogen and oxygen atoms in total. The lowest BCUT2D eigenvalue weighted by atomic mass is 10.0. The normalized spacial score (nSPS) is 21.6. The number of nitrogens with two attached hydrogens (primary N) is 1. The van der Waals surface area contributed by atoms with Gasteiger partial charge >= 0.3 is 0 Å². The summed E-state index contributed by atoms with van der Waals surface area (Å²) in [5.74, 6) is -0.0156. The van der Waals surface area contributed by atoms with Crippen LogP contribution in [0.2, 0.25) is 0 Å². The number of carbonyl (C=O) groups is 3. The van der Waals surface area contributed by atoms with Gasteiger partial charge in [-0.15, -0.1) is 0 Å². The Balaban J connectivity index is 1.82. The largest absolute Gasteiger partial charge is 0.353 e. The molecule has 0 aromatic rings. The van der Waals surface area contributed by atoms with Crippen LogP contribution in [0.4, 0.5) is 0 Å². The molecule has 1 fully saturated rings. The molecular weight excluding hydrogens is 416 g/mol. The predicted molar refractivity (Wildman–Crippen MR) is 119 cm³/mol. The Morgan fingerprint density at radius 2 is 2.07 bits per heavy atom. The highest BCUT2D eigenvalue weighted by molar-refractivity contribution is 8.81. The Labute approximate surface area is 180 Å². The van der Waals surface area contributed by atoms with E-state index >= 15 is 0 Å². The number of nitrogens with one attached hydrogen (secondary N) is 3. The highest BCUT2D eigenvalue weighted by Crippen LogP contribution is 2.55. The first-order valence-electron chi connectivity index (χ1n) is 9.74. The third-order valence-electron chi connectivity index (χ3n) is 4.59.